The molecule has 0 bridgehead atoms. The third kappa shape index (κ3) is 293. The van der Waals surface area contributed by atoms with Gasteiger partial charge in [-0.3, -0.25) is 39.4 Å². The van der Waals surface area contributed by atoms with Crippen molar-refractivity contribution in [3.05, 3.63) is 96.5 Å². The third-order valence-electron chi connectivity index (χ3n) is 7.27. The van der Waals surface area contributed by atoms with Crippen LogP contribution in [-0.4, -0.2) is 302 Å². The number of unbranched alkanes of at least 4 members (excludes halogenated alkanes) is 3. The average Bonchev–Trinajstić information content (AvgIpc) is 0.842. The highest BCUT2D eigenvalue weighted by Crippen LogP contribution is 2.34. The van der Waals surface area contributed by atoms with Crippen molar-refractivity contribution in [3.63, 3.8) is 0 Å². The van der Waals surface area contributed by atoms with E-state index in [1.807, 2.05) is 254 Å². The molecule has 22 nitrogen and oxygen atoms in total. The summed E-state index contributed by atoms with van der Waals surface area (Å²) in [6, 6.07) is 0. The fourth-order valence-corrected chi connectivity index (χ4v) is 4.37. The Balaban J connectivity index is -0.0000000485. The van der Waals surface area contributed by atoms with Gasteiger partial charge in [-0.1, -0.05) is 100 Å². The van der Waals surface area contributed by atoms with Crippen LogP contribution in [0.25, 0.3) is 0 Å². The smallest absolute Gasteiger partial charge is 0.484 e. The van der Waals surface area contributed by atoms with Gasteiger partial charge in [-0.2, -0.15) is 27.8 Å². The van der Waals surface area contributed by atoms with Crippen molar-refractivity contribution in [2.45, 2.75) is 127 Å². The zero-order chi connectivity index (χ0) is 87.3. The molecule has 0 atom stereocenters. The fraction of sp³-hybridized carbons (Fsp3) is 0.676. The van der Waals surface area contributed by atoms with Gasteiger partial charge in [0.1, 0.15) is 6.79 Å². The molecule has 0 aliphatic carbocycles. The molecular weight excluding hydrogens is 1460 g/mol. The molecular formula is C74H158F6N12O10S4. The van der Waals surface area contributed by atoms with E-state index in [9.17, 15) is 26.3 Å². The summed E-state index contributed by atoms with van der Waals surface area (Å²) in [5, 5.41) is 11.2. The van der Waals surface area contributed by atoms with Crippen LogP contribution in [0.15, 0.2) is 137 Å². The van der Waals surface area contributed by atoms with Crippen molar-refractivity contribution in [3.8, 4) is 0 Å². The number of alkyl halides is 6. The average molecular weight is 1620 g/mol. The van der Waals surface area contributed by atoms with Crippen LogP contribution in [0.1, 0.15) is 109 Å². The third-order valence-corrected chi connectivity index (χ3v) is 9.20. The van der Waals surface area contributed by atoms with Crippen molar-refractivity contribution in [1.29, 1.82) is 0 Å². The Kier molecular flexibility index (Phi) is 222. The Labute approximate surface area is 664 Å². The quantitative estimate of drug-likeness (QED) is 0.0115. The van der Waals surface area contributed by atoms with Gasteiger partial charge >= 0.3 is 18.5 Å². The second-order valence-corrected chi connectivity index (χ2v) is 20.8. The molecule has 0 aromatic rings. The normalized spacial score (nSPS) is 10.5. The molecule has 32 heteroatoms. The van der Waals surface area contributed by atoms with Crippen LogP contribution < -0.4 is 0 Å². The van der Waals surface area contributed by atoms with Gasteiger partial charge in [-0.05, 0) is 117 Å². The monoisotopic (exact) mass is 1620 g/mol. The van der Waals surface area contributed by atoms with Crippen LogP contribution in [0.2, 0.25) is 0 Å². The number of thioether (sulfide) groups is 4. The molecule has 0 N–H and O–H groups in total. The predicted molar refractivity (Wildman–Crippen MR) is 471 cm³/mol. The first kappa shape index (κ1) is 146. The van der Waals surface area contributed by atoms with Crippen molar-refractivity contribution in [2.24, 2.45) is 40.2 Å². The molecule has 0 heterocycles. The van der Waals surface area contributed by atoms with Crippen LogP contribution in [0.3, 0.4) is 0 Å². The van der Waals surface area contributed by atoms with E-state index < -0.39 is 18.5 Å². The molecule has 0 aromatic carbocycles. The molecule has 0 aliphatic heterocycles. The van der Waals surface area contributed by atoms with Gasteiger partial charge < -0.3 is 57.5 Å². The molecule has 0 spiro atoms. The van der Waals surface area contributed by atoms with E-state index in [1.165, 1.54) is 25.7 Å². The molecule has 0 rings (SSSR count). The largest absolute Gasteiger partial charge is 0.505 e. The molecule has 0 fully saturated rings. The minimum Gasteiger partial charge on any atom is -0.505 e. The molecule has 0 saturated heterocycles. The minimum absolute atomic E-state index is 0.389. The Morgan fingerprint density at radius 3 is 0.708 bits per heavy atom. The van der Waals surface area contributed by atoms with Crippen molar-refractivity contribution in [1.82, 2.24) is 19.6 Å². The van der Waals surface area contributed by atoms with E-state index in [0.29, 0.717) is 34.2 Å². The fourth-order valence-electron chi connectivity index (χ4n) is 3.41. The Hall–Kier alpha value is -5.26. The van der Waals surface area contributed by atoms with Gasteiger partial charge in [-0.15, -0.1) is 55.8 Å². The number of hydrogen-bond acceptors (Lipinski definition) is 24. The summed E-state index contributed by atoms with van der Waals surface area (Å²) in [4.78, 5) is 29.9. The standard InChI is InChI=1S/C6H14.C6H10.2C5H11N.C4H6F4O2.2C4H10N2.2C4H8N2.C4H10O2.2C4H8O.2C4H8S.C3H6F2O2.2C3H7NS.C3H8O2/c2*1-3-5-6-4-2;2*1-4-5-6(2)3;1-9-3(5,6)4(7,8)10-2;2*1-5-4-6(2)3;1-5-3-4-6-2;1-3-5-6-4-2;1-5-3-4-6-2;4*1-3-4-5-2;1-6-3(4,5)7-2;3*1-4-3-5-2/h3-6H2,1-2H3;3-6H,1-2H3;2*4-5H,1-3H3;1-2H3;2*4H,1-3H3;2*3-4H,1-2H3;3-4H2,1-2H3;4*3-4H,1-2H3;1-2H3;2*3H,1-2H3;3H2,1-2H3. The Morgan fingerprint density at radius 2 is 0.651 bits per heavy atom. The van der Waals surface area contributed by atoms with Crippen molar-refractivity contribution in [2.75, 3.05) is 215 Å². The summed E-state index contributed by atoms with van der Waals surface area (Å²) >= 11 is 6.66. The van der Waals surface area contributed by atoms with Gasteiger partial charge in [0, 0.05) is 180 Å². The maximum Gasteiger partial charge on any atom is 0.484 e. The summed E-state index contributed by atoms with van der Waals surface area (Å²) < 4.78 is 111. The first-order valence-electron chi connectivity index (χ1n) is 32.6. The van der Waals surface area contributed by atoms with Gasteiger partial charge in [0.25, 0.3) is 0 Å². The minimum atomic E-state index is -4.57. The Morgan fingerprint density at radius 1 is 0.358 bits per heavy atom. The molecule has 0 aliphatic rings. The van der Waals surface area contributed by atoms with Crippen LogP contribution >= 0.6 is 47.0 Å². The highest BCUT2D eigenvalue weighted by Gasteiger charge is 2.58. The van der Waals surface area contributed by atoms with Gasteiger partial charge in [0.15, 0.2) is 0 Å². The van der Waals surface area contributed by atoms with E-state index in [1.54, 1.807) is 193 Å². The van der Waals surface area contributed by atoms with Crippen LogP contribution in [0.5, 0.6) is 0 Å². The molecule has 0 radical (unpaired) electrons. The van der Waals surface area contributed by atoms with Gasteiger partial charge in [0.05, 0.1) is 63.7 Å². The summed E-state index contributed by atoms with van der Waals surface area (Å²) in [5.74, 6) is 0. The number of hydrogen-bond donors (Lipinski definition) is 0. The lowest BCUT2D eigenvalue weighted by molar-refractivity contribution is -0.418. The number of allylic oxidation sites excluding steroid dienone is 10. The SMILES string of the molecule is CC=CC=CC.CC=CN(C)C.CC=CN(C)C.CC=COC.CC=COC.CC=CSC.CC=CSC.CC=NN=CC.CCCCCC.CN=CC=NC.CN=CN(C)C.CN=CN(C)C.CN=CSC.CN=CSC.COC(F)(F)C(F)(F)OC.COC(F)(F)OC.COCCOC.COCOC. The van der Waals surface area contributed by atoms with Crippen molar-refractivity contribution >= 4 is 95.7 Å². The molecule has 0 unspecified atom stereocenters. The lowest BCUT2D eigenvalue weighted by atomic mass is 10.2. The zero-order valence-electron chi connectivity index (χ0n) is 73.7. The number of nitrogens with zero attached hydrogens (tertiary/aromatic N) is 12. The van der Waals surface area contributed by atoms with Crippen molar-refractivity contribution < 1.29 is 73.7 Å². The number of rotatable bonds is 26. The second-order valence-electron chi connectivity index (χ2n) is 17.9. The molecule has 640 valence electrons. The molecule has 0 amide bonds. The maximum absolute atomic E-state index is 11.8. The molecule has 0 aromatic heterocycles. The molecule has 0 saturated carbocycles. The lowest BCUT2D eigenvalue weighted by Gasteiger charge is -2.21. The van der Waals surface area contributed by atoms with E-state index in [-0.39, 0.29) is 0 Å². The lowest BCUT2D eigenvalue weighted by Crippen LogP contribution is -2.43. The van der Waals surface area contributed by atoms with Gasteiger partial charge in [0.2, 0.25) is 0 Å². The van der Waals surface area contributed by atoms with E-state index in [0.717, 1.165) is 14.2 Å². The summed E-state index contributed by atoms with van der Waals surface area (Å²) in [7, 11) is 38.6. The Bertz CT molecular complexity index is 1640. The van der Waals surface area contributed by atoms with E-state index >= 15 is 0 Å². The number of aliphatic imine (C=N–C) groups is 6. The van der Waals surface area contributed by atoms with E-state index in [4.69, 9.17) is 0 Å². The number of methoxy groups -OCH3 is 10. The van der Waals surface area contributed by atoms with Gasteiger partial charge in [-0.25, -0.2) is 0 Å². The predicted octanol–water partition coefficient (Wildman–Crippen LogP) is 19.7. The summed E-state index contributed by atoms with van der Waals surface area (Å²) in [6.45, 7) is 25.7. The highest BCUT2D eigenvalue weighted by molar-refractivity contribution is 8.11. The second kappa shape index (κ2) is 161. The maximum atomic E-state index is 11.8. The first-order valence-corrected chi connectivity index (χ1v) is 37.7. The van der Waals surface area contributed by atoms with Crippen LogP contribution in [0, 0.1) is 0 Å². The molecule has 106 heavy (non-hydrogen) atoms. The number of ether oxygens (including phenoxy) is 10. The van der Waals surface area contributed by atoms with Crippen LogP contribution in [-0.2, 0) is 47.4 Å². The van der Waals surface area contributed by atoms with E-state index in [2.05, 4.69) is 101 Å². The zero-order valence-corrected chi connectivity index (χ0v) is 76.9. The van der Waals surface area contributed by atoms with Crippen LogP contribution in [0.4, 0.5) is 26.3 Å². The number of halogens is 6. The summed E-state index contributed by atoms with van der Waals surface area (Å²) in [6.07, 6.45) is 38.0. The summed E-state index contributed by atoms with van der Waals surface area (Å²) in [5.41, 5.74) is 3.58. The highest BCUT2D eigenvalue weighted by atomic mass is 32.2. The first-order chi connectivity index (χ1) is 50.0. The topological polar surface area (TPSA) is 204 Å².